The van der Waals surface area contributed by atoms with Gasteiger partial charge in [0.15, 0.2) is 0 Å². The van der Waals surface area contributed by atoms with Gasteiger partial charge in [-0.3, -0.25) is 19.2 Å². The summed E-state index contributed by atoms with van der Waals surface area (Å²) in [6.45, 7) is 5.31. The van der Waals surface area contributed by atoms with Crippen LogP contribution in [0.4, 0.5) is 20.7 Å². The molecule has 1 fully saturated rings. The highest BCUT2D eigenvalue weighted by Gasteiger charge is 2.53. The number of halogens is 1. The number of carbonyl (C=O) groups excluding carboxylic acids is 2. The van der Waals surface area contributed by atoms with Gasteiger partial charge in [0.25, 0.3) is 5.56 Å². The summed E-state index contributed by atoms with van der Waals surface area (Å²) in [4.78, 5) is 40.7. The van der Waals surface area contributed by atoms with Crippen LogP contribution in [-0.4, -0.2) is 37.6 Å². The van der Waals surface area contributed by atoms with E-state index >= 15 is 4.39 Å². The molecule has 2 aromatic carbocycles. The number of H-pyrrole nitrogens is 1. The molecule has 2 aliphatic rings. The molecule has 218 valence electrons. The lowest BCUT2D eigenvalue weighted by Gasteiger charge is -2.32. The molecule has 0 radical (unpaired) electrons. The topological polar surface area (TPSA) is 122 Å². The molecule has 1 spiro atoms. The summed E-state index contributed by atoms with van der Waals surface area (Å²) in [5, 5.41) is 14.7. The molecule has 1 aliphatic carbocycles. The third-order valence-corrected chi connectivity index (χ3v) is 8.14. The monoisotopic (exact) mass is 572 g/mol. The minimum Gasteiger partial charge on any atom is -0.444 e. The van der Waals surface area contributed by atoms with Crippen molar-refractivity contribution in [2.24, 2.45) is 7.05 Å². The number of fused-ring (bicyclic) bond motifs is 3. The van der Waals surface area contributed by atoms with Gasteiger partial charge >= 0.3 is 6.09 Å². The van der Waals surface area contributed by atoms with E-state index in [4.69, 9.17) is 4.74 Å². The van der Waals surface area contributed by atoms with Crippen molar-refractivity contribution in [2.45, 2.75) is 70.4 Å². The van der Waals surface area contributed by atoms with E-state index in [2.05, 4.69) is 20.6 Å². The first kappa shape index (κ1) is 27.6. The van der Waals surface area contributed by atoms with Crippen LogP contribution in [0, 0.1) is 5.82 Å². The Hall–Kier alpha value is -4.54. The molecular formula is C31H33FN6O4. The summed E-state index contributed by atoms with van der Waals surface area (Å²) < 4.78 is 22.5. The third-order valence-electron chi connectivity index (χ3n) is 8.14. The number of hydrogen-bond acceptors (Lipinski definition) is 6. The van der Waals surface area contributed by atoms with Gasteiger partial charge in [-0.05, 0) is 62.9 Å². The van der Waals surface area contributed by atoms with Gasteiger partial charge in [0.05, 0.1) is 34.9 Å². The first-order valence-electron chi connectivity index (χ1n) is 14.1. The van der Waals surface area contributed by atoms with Crippen LogP contribution in [0.3, 0.4) is 0 Å². The number of aryl methyl sites for hydroxylation is 1. The van der Waals surface area contributed by atoms with Crippen LogP contribution in [0.25, 0.3) is 21.9 Å². The third kappa shape index (κ3) is 4.53. The predicted octanol–water partition coefficient (Wildman–Crippen LogP) is 5.37. The molecule has 6 rings (SSSR count). The Balaban J connectivity index is 1.44. The summed E-state index contributed by atoms with van der Waals surface area (Å²) in [6.07, 6.45) is 5.22. The number of aromatic amines is 1. The first-order valence-corrected chi connectivity index (χ1v) is 14.1. The van der Waals surface area contributed by atoms with E-state index in [-0.39, 0.29) is 23.7 Å². The second-order valence-electron chi connectivity index (χ2n) is 12.0. The van der Waals surface area contributed by atoms with Crippen LogP contribution in [0.1, 0.15) is 64.1 Å². The maximum Gasteiger partial charge on any atom is 0.407 e. The maximum absolute atomic E-state index is 15.6. The number of anilines is 2. The zero-order valence-electron chi connectivity index (χ0n) is 24.1. The number of hydrogen-bond donors (Lipinski definition) is 2. The van der Waals surface area contributed by atoms with E-state index in [1.807, 2.05) is 6.07 Å². The quantitative estimate of drug-likeness (QED) is 0.339. The molecule has 2 amide bonds. The normalized spacial score (nSPS) is 16.2. The van der Waals surface area contributed by atoms with E-state index in [0.717, 1.165) is 24.8 Å². The van der Waals surface area contributed by atoms with E-state index < -0.39 is 22.9 Å². The molecule has 4 aromatic rings. The number of benzene rings is 2. The van der Waals surface area contributed by atoms with Crippen molar-refractivity contribution in [3.63, 3.8) is 0 Å². The average Bonchev–Trinajstić information content (AvgIpc) is 3.43. The highest BCUT2D eigenvalue weighted by Crippen LogP contribution is 2.54. The number of para-hydroxylation sites is 1. The fourth-order valence-electron chi connectivity index (χ4n) is 6.29. The number of nitrogens with zero attached hydrogens (tertiary/aromatic N) is 4. The lowest BCUT2D eigenvalue weighted by atomic mass is 9.70. The number of rotatable bonds is 4. The lowest BCUT2D eigenvalue weighted by molar-refractivity contribution is -0.123. The van der Waals surface area contributed by atoms with Gasteiger partial charge in [-0.25, -0.2) is 14.3 Å². The summed E-state index contributed by atoms with van der Waals surface area (Å²) in [6, 6.07) is 10.1. The standard InChI is InChI=1S/C31H33FN6O4/c1-30(2,3)42-29(41)33-17-24-20-15-18(11-12-19(20)26(39)36-35-24)21-16-34-37(4)27(21)38-25-22(9-8-10-23(25)32)31(28(38)40)13-6-5-7-14-31/h8-12,15-16H,5-7,13-14,17H2,1-4H3,(H,33,41)(H,36,39). The molecule has 2 aromatic heterocycles. The van der Waals surface area contributed by atoms with Gasteiger partial charge in [-0.1, -0.05) is 37.5 Å². The molecular weight excluding hydrogens is 539 g/mol. The SMILES string of the molecule is Cn1ncc(-c2ccc3c(=O)[nH]nc(CNC(=O)OC(C)(C)C)c3c2)c1N1C(=O)C2(CCCCC2)c2cccc(F)c21. The second-order valence-corrected chi connectivity index (χ2v) is 12.0. The van der Waals surface area contributed by atoms with E-state index in [0.29, 0.717) is 46.3 Å². The van der Waals surface area contributed by atoms with Crippen LogP contribution in [-0.2, 0) is 28.5 Å². The number of nitrogens with one attached hydrogen (secondary N) is 2. The average molecular weight is 573 g/mol. The van der Waals surface area contributed by atoms with Crippen LogP contribution >= 0.6 is 0 Å². The van der Waals surface area contributed by atoms with Crippen molar-refractivity contribution in [2.75, 3.05) is 4.90 Å². The van der Waals surface area contributed by atoms with Crippen molar-refractivity contribution in [3.8, 4) is 11.1 Å². The molecule has 2 N–H and O–H groups in total. The number of aromatic nitrogens is 4. The fourth-order valence-corrected chi connectivity index (χ4v) is 6.29. The van der Waals surface area contributed by atoms with Gasteiger partial charge in [-0.15, -0.1) is 0 Å². The van der Waals surface area contributed by atoms with Crippen molar-refractivity contribution < 1.29 is 18.7 Å². The highest BCUT2D eigenvalue weighted by molar-refractivity contribution is 6.14. The van der Waals surface area contributed by atoms with Gasteiger partial charge in [-0.2, -0.15) is 10.2 Å². The van der Waals surface area contributed by atoms with Crippen molar-refractivity contribution >= 4 is 34.3 Å². The van der Waals surface area contributed by atoms with Gasteiger partial charge in [0.1, 0.15) is 17.2 Å². The lowest BCUT2D eigenvalue weighted by Crippen LogP contribution is -2.40. The van der Waals surface area contributed by atoms with Crippen LogP contribution < -0.4 is 15.8 Å². The van der Waals surface area contributed by atoms with Gasteiger partial charge in [0.2, 0.25) is 5.91 Å². The molecule has 10 nitrogen and oxygen atoms in total. The van der Waals surface area contributed by atoms with Crippen molar-refractivity contribution in [1.82, 2.24) is 25.3 Å². The van der Waals surface area contributed by atoms with Crippen molar-refractivity contribution in [3.05, 3.63) is 70.0 Å². The summed E-state index contributed by atoms with van der Waals surface area (Å²) in [7, 11) is 1.72. The second kappa shape index (κ2) is 10.1. The minimum absolute atomic E-state index is 0.0112. The molecule has 3 heterocycles. The van der Waals surface area contributed by atoms with E-state index in [9.17, 15) is 14.4 Å². The maximum atomic E-state index is 15.6. The highest BCUT2D eigenvalue weighted by atomic mass is 19.1. The Morgan fingerprint density at radius 3 is 2.62 bits per heavy atom. The minimum atomic E-state index is -0.766. The number of carbonyl (C=O) groups is 2. The number of ether oxygens (including phenoxy) is 1. The summed E-state index contributed by atoms with van der Waals surface area (Å²) in [5.74, 6) is -0.159. The largest absolute Gasteiger partial charge is 0.444 e. The van der Waals surface area contributed by atoms with E-state index in [1.54, 1.807) is 63.0 Å². The van der Waals surface area contributed by atoms with Crippen LogP contribution in [0.15, 0.2) is 47.4 Å². The Kier molecular flexibility index (Phi) is 6.63. The predicted molar refractivity (Wildman–Crippen MR) is 156 cm³/mol. The molecule has 42 heavy (non-hydrogen) atoms. The van der Waals surface area contributed by atoms with Gasteiger partial charge in [0, 0.05) is 18.0 Å². The Morgan fingerprint density at radius 2 is 1.88 bits per heavy atom. The molecule has 1 saturated carbocycles. The summed E-state index contributed by atoms with van der Waals surface area (Å²) >= 11 is 0. The zero-order chi connectivity index (χ0) is 29.8. The molecule has 11 heteroatoms. The zero-order valence-corrected chi connectivity index (χ0v) is 24.1. The molecule has 0 unspecified atom stereocenters. The first-order chi connectivity index (χ1) is 20.0. The summed E-state index contributed by atoms with van der Waals surface area (Å²) in [5.41, 5.74) is 0.868. The fraction of sp³-hybridized carbons (Fsp3) is 0.387. The van der Waals surface area contributed by atoms with Crippen molar-refractivity contribution in [1.29, 1.82) is 0 Å². The molecule has 0 bridgehead atoms. The van der Waals surface area contributed by atoms with E-state index in [1.165, 1.54) is 11.0 Å². The number of alkyl carbamates (subject to hydrolysis) is 1. The molecule has 1 aliphatic heterocycles. The molecule has 0 atom stereocenters. The van der Waals surface area contributed by atoms with Crippen LogP contribution in [0.5, 0.6) is 0 Å². The Morgan fingerprint density at radius 1 is 1.12 bits per heavy atom. The number of amides is 2. The Labute approximate surface area is 241 Å². The van der Waals surface area contributed by atoms with Crippen LogP contribution in [0.2, 0.25) is 0 Å². The Bertz CT molecular complexity index is 1780. The van der Waals surface area contributed by atoms with Gasteiger partial charge < -0.3 is 10.1 Å². The smallest absolute Gasteiger partial charge is 0.407 e. The molecule has 0 saturated heterocycles.